The van der Waals surface area contributed by atoms with Crippen LogP contribution < -0.4 is 5.32 Å². The number of aliphatic hydroxyl groups is 1. The normalized spacial score (nSPS) is 15.7. The highest BCUT2D eigenvalue weighted by atomic mass is 35.5. The number of hydrogen-bond acceptors (Lipinski definition) is 3. The summed E-state index contributed by atoms with van der Waals surface area (Å²) in [6.07, 6.45) is -0.324. The second-order valence-electron chi connectivity index (χ2n) is 3.12. The predicted molar refractivity (Wildman–Crippen MR) is 57.3 cm³/mol. The van der Waals surface area contributed by atoms with Crippen molar-refractivity contribution in [1.82, 2.24) is 5.32 Å². The molecule has 1 aromatic rings. The third kappa shape index (κ3) is 3.65. The first-order valence-electron chi connectivity index (χ1n) is 4.25. The molecule has 0 saturated carbocycles. The zero-order chi connectivity index (χ0) is 9.84. The maximum absolute atomic E-state index is 9.22. The molecular formula is C9H14ClNOS. The second kappa shape index (κ2) is 4.96. The highest BCUT2D eigenvalue weighted by molar-refractivity contribution is 7.16. The summed E-state index contributed by atoms with van der Waals surface area (Å²) >= 11 is 7.34. The van der Waals surface area contributed by atoms with Crippen LogP contribution in [-0.4, -0.2) is 17.3 Å². The fraction of sp³-hybridized carbons (Fsp3) is 0.556. The van der Waals surface area contributed by atoms with Crippen LogP contribution in [0.5, 0.6) is 0 Å². The van der Waals surface area contributed by atoms with E-state index < -0.39 is 0 Å². The Morgan fingerprint density at radius 1 is 1.54 bits per heavy atom. The van der Waals surface area contributed by atoms with Crippen LogP contribution in [0.25, 0.3) is 0 Å². The average molecular weight is 220 g/mol. The Labute approximate surface area is 87.5 Å². The van der Waals surface area contributed by atoms with Gasteiger partial charge in [0, 0.05) is 17.5 Å². The van der Waals surface area contributed by atoms with Crippen LogP contribution in [0.4, 0.5) is 0 Å². The Morgan fingerprint density at radius 2 is 2.23 bits per heavy atom. The topological polar surface area (TPSA) is 32.3 Å². The molecule has 2 nitrogen and oxygen atoms in total. The van der Waals surface area contributed by atoms with E-state index >= 15 is 0 Å². The first kappa shape index (κ1) is 11.0. The SMILES string of the molecule is CC(O)C(C)NCc1ccc(Cl)s1. The van der Waals surface area contributed by atoms with Gasteiger partial charge in [-0.3, -0.25) is 0 Å². The van der Waals surface area contributed by atoms with Crippen molar-refractivity contribution in [2.45, 2.75) is 32.5 Å². The van der Waals surface area contributed by atoms with Gasteiger partial charge in [-0.05, 0) is 26.0 Å². The lowest BCUT2D eigenvalue weighted by atomic mass is 10.2. The number of thiophene rings is 1. The van der Waals surface area contributed by atoms with Crippen LogP contribution in [0, 0.1) is 0 Å². The van der Waals surface area contributed by atoms with Gasteiger partial charge < -0.3 is 10.4 Å². The third-order valence-corrected chi connectivity index (χ3v) is 3.18. The van der Waals surface area contributed by atoms with Gasteiger partial charge in [-0.1, -0.05) is 11.6 Å². The molecule has 1 rings (SSSR count). The van der Waals surface area contributed by atoms with Gasteiger partial charge in [-0.2, -0.15) is 0 Å². The van der Waals surface area contributed by atoms with Gasteiger partial charge in [0.2, 0.25) is 0 Å². The number of halogens is 1. The lowest BCUT2D eigenvalue weighted by Gasteiger charge is -2.15. The molecule has 13 heavy (non-hydrogen) atoms. The van der Waals surface area contributed by atoms with Gasteiger partial charge >= 0.3 is 0 Å². The van der Waals surface area contributed by atoms with E-state index in [1.807, 2.05) is 19.1 Å². The smallest absolute Gasteiger partial charge is 0.0931 e. The highest BCUT2D eigenvalue weighted by Gasteiger charge is 2.07. The fourth-order valence-corrected chi connectivity index (χ4v) is 1.92. The Morgan fingerprint density at radius 3 is 2.69 bits per heavy atom. The molecule has 0 bridgehead atoms. The molecule has 0 aliphatic heterocycles. The van der Waals surface area contributed by atoms with Crippen molar-refractivity contribution in [3.8, 4) is 0 Å². The molecule has 0 fully saturated rings. The van der Waals surface area contributed by atoms with Crippen LogP contribution >= 0.6 is 22.9 Å². The van der Waals surface area contributed by atoms with Gasteiger partial charge in [0.05, 0.1) is 10.4 Å². The molecule has 4 heteroatoms. The van der Waals surface area contributed by atoms with Crippen LogP contribution in [0.15, 0.2) is 12.1 Å². The average Bonchev–Trinajstić information content (AvgIpc) is 2.47. The summed E-state index contributed by atoms with van der Waals surface area (Å²) in [5, 5.41) is 12.4. The molecule has 0 amide bonds. The van der Waals surface area contributed by atoms with Crippen molar-refractivity contribution in [1.29, 1.82) is 0 Å². The molecule has 74 valence electrons. The third-order valence-electron chi connectivity index (χ3n) is 1.95. The first-order chi connectivity index (χ1) is 6.09. The van der Waals surface area contributed by atoms with E-state index in [1.54, 1.807) is 18.3 Å². The molecule has 2 atom stereocenters. The Kier molecular flexibility index (Phi) is 4.19. The summed E-state index contributed by atoms with van der Waals surface area (Å²) in [5.74, 6) is 0. The summed E-state index contributed by atoms with van der Waals surface area (Å²) in [4.78, 5) is 1.19. The second-order valence-corrected chi connectivity index (χ2v) is 4.92. The monoisotopic (exact) mass is 219 g/mol. The zero-order valence-corrected chi connectivity index (χ0v) is 9.32. The molecule has 0 saturated heterocycles. The Bertz CT molecular complexity index is 262. The summed E-state index contributed by atoms with van der Waals surface area (Å²) in [6.45, 7) is 4.50. The molecule has 2 N–H and O–H groups in total. The van der Waals surface area contributed by atoms with Gasteiger partial charge in [0.25, 0.3) is 0 Å². The largest absolute Gasteiger partial charge is 0.392 e. The van der Waals surface area contributed by atoms with E-state index in [4.69, 9.17) is 11.6 Å². The maximum atomic E-state index is 9.22. The molecule has 0 aromatic carbocycles. The van der Waals surface area contributed by atoms with Crippen LogP contribution in [0.1, 0.15) is 18.7 Å². The van der Waals surface area contributed by atoms with Gasteiger partial charge in [-0.15, -0.1) is 11.3 Å². The minimum Gasteiger partial charge on any atom is -0.392 e. The molecule has 0 aliphatic rings. The summed E-state index contributed by atoms with van der Waals surface area (Å²) in [6, 6.07) is 3.99. The van der Waals surface area contributed by atoms with Crippen LogP contribution in [-0.2, 0) is 6.54 Å². The van der Waals surface area contributed by atoms with E-state index in [0.29, 0.717) is 0 Å². The highest BCUT2D eigenvalue weighted by Crippen LogP contribution is 2.21. The van der Waals surface area contributed by atoms with Gasteiger partial charge in [-0.25, -0.2) is 0 Å². The lowest BCUT2D eigenvalue weighted by molar-refractivity contribution is 0.152. The van der Waals surface area contributed by atoms with Crippen molar-refractivity contribution < 1.29 is 5.11 Å². The number of hydrogen-bond donors (Lipinski definition) is 2. The van der Waals surface area contributed by atoms with Crippen molar-refractivity contribution in [3.63, 3.8) is 0 Å². The van der Waals surface area contributed by atoms with Gasteiger partial charge in [0.15, 0.2) is 0 Å². The molecule has 1 heterocycles. The Hall–Kier alpha value is -0.0900. The van der Waals surface area contributed by atoms with E-state index in [1.165, 1.54) is 4.88 Å². The van der Waals surface area contributed by atoms with E-state index in [9.17, 15) is 5.11 Å². The fourth-order valence-electron chi connectivity index (χ4n) is 0.879. The molecule has 2 unspecified atom stereocenters. The van der Waals surface area contributed by atoms with E-state index in [2.05, 4.69) is 5.32 Å². The van der Waals surface area contributed by atoms with Crippen LogP contribution in [0.2, 0.25) is 4.34 Å². The lowest BCUT2D eigenvalue weighted by Crippen LogP contribution is -2.34. The predicted octanol–water partition coefficient (Wildman–Crippen LogP) is 2.26. The van der Waals surface area contributed by atoms with Crippen molar-refractivity contribution in [2.75, 3.05) is 0 Å². The van der Waals surface area contributed by atoms with Gasteiger partial charge in [0.1, 0.15) is 0 Å². The molecule has 1 aromatic heterocycles. The Balaban J connectivity index is 2.35. The maximum Gasteiger partial charge on any atom is 0.0931 e. The number of aliphatic hydroxyl groups excluding tert-OH is 1. The summed E-state index contributed by atoms with van der Waals surface area (Å²) < 4.78 is 0.807. The number of rotatable bonds is 4. The quantitative estimate of drug-likeness (QED) is 0.815. The standard InChI is InChI=1S/C9H14ClNOS/c1-6(7(2)12)11-5-8-3-4-9(10)13-8/h3-4,6-7,11-12H,5H2,1-2H3. The molecule has 0 aliphatic carbocycles. The zero-order valence-electron chi connectivity index (χ0n) is 7.75. The van der Waals surface area contributed by atoms with E-state index in [0.717, 1.165) is 10.9 Å². The van der Waals surface area contributed by atoms with Crippen molar-refractivity contribution in [3.05, 3.63) is 21.3 Å². The molecule has 0 spiro atoms. The van der Waals surface area contributed by atoms with Crippen molar-refractivity contribution in [2.24, 2.45) is 0 Å². The van der Waals surface area contributed by atoms with E-state index in [-0.39, 0.29) is 12.1 Å². The van der Waals surface area contributed by atoms with Crippen molar-refractivity contribution >= 4 is 22.9 Å². The minimum atomic E-state index is -0.324. The molecule has 0 radical (unpaired) electrons. The minimum absolute atomic E-state index is 0.112. The summed E-state index contributed by atoms with van der Waals surface area (Å²) in [5.41, 5.74) is 0. The molecular weight excluding hydrogens is 206 g/mol. The summed E-state index contributed by atoms with van der Waals surface area (Å²) in [7, 11) is 0. The van der Waals surface area contributed by atoms with Crippen LogP contribution in [0.3, 0.4) is 0 Å². The first-order valence-corrected chi connectivity index (χ1v) is 5.44. The number of nitrogens with one attached hydrogen (secondary N) is 1.